The summed E-state index contributed by atoms with van der Waals surface area (Å²) in [6.07, 6.45) is 0. The molecule has 25 heavy (non-hydrogen) atoms. The summed E-state index contributed by atoms with van der Waals surface area (Å²) in [5, 5.41) is 0. The molecule has 1 aliphatic heterocycles. The highest BCUT2D eigenvalue weighted by atomic mass is 32.2. The molecule has 0 unspecified atom stereocenters. The zero-order chi connectivity index (χ0) is 17.4. The maximum atomic E-state index is 13.4. The van der Waals surface area contributed by atoms with Gasteiger partial charge in [-0.1, -0.05) is 48.2 Å². The number of fused-ring (bicyclic) bond motifs is 2. The SMILES string of the molecule is C=C(C)c1ccc2c(c1)N=C(c1ccc(F)cc1)c1ccccc1S2. The number of nitrogens with zero attached hydrogens (tertiary/aromatic N) is 1. The first kappa shape index (κ1) is 15.9. The van der Waals surface area contributed by atoms with Crippen molar-refractivity contribution >= 4 is 28.7 Å². The van der Waals surface area contributed by atoms with Gasteiger partial charge in [0.25, 0.3) is 0 Å². The average Bonchev–Trinajstić information content (AvgIpc) is 2.78. The summed E-state index contributed by atoms with van der Waals surface area (Å²) in [5.41, 5.74) is 5.83. The van der Waals surface area contributed by atoms with Crippen molar-refractivity contribution in [3.8, 4) is 0 Å². The highest BCUT2D eigenvalue weighted by Gasteiger charge is 2.19. The normalized spacial score (nSPS) is 12.6. The summed E-state index contributed by atoms with van der Waals surface area (Å²) in [6.45, 7) is 6.02. The van der Waals surface area contributed by atoms with E-state index >= 15 is 0 Å². The molecule has 0 radical (unpaired) electrons. The van der Waals surface area contributed by atoms with Gasteiger partial charge in [0, 0.05) is 20.9 Å². The van der Waals surface area contributed by atoms with Gasteiger partial charge < -0.3 is 0 Å². The second-order valence-electron chi connectivity index (χ2n) is 6.03. The molecule has 0 spiro atoms. The Morgan fingerprint density at radius 3 is 2.48 bits per heavy atom. The van der Waals surface area contributed by atoms with Gasteiger partial charge in [-0.25, -0.2) is 9.38 Å². The number of halogens is 1. The number of hydrogen-bond donors (Lipinski definition) is 0. The van der Waals surface area contributed by atoms with Gasteiger partial charge in [0.05, 0.1) is 11.4 Å². The van der Waals surface area contributed by atoms with E-state index in [0.29, 0.717) is 0 Å². The number of allylic oxidation sites excluding steroid dienone is 1. The molecular weight excluding hydrogens is 329 g/mol. The van der Waals surface area contributed by atoms with Gasteiger partial charge in [0.1, 0.15) is 5.82 Å². The van der Waals surface area contributed by atoms with E-state index in [4.69, 9.17) is 4.99 Å². The van der Waals surface area contributed by atoms with Crippen LogP contribution in [0.3, 0.4) is 0 Å². The molecule has 0 amide bonds. The van der Waals surface area contributed by atoms with Crippen LogP contribution in [0.25, 0.3) is 5.57 Å². The monoisotopic (exact) mass is 345 g/mol. The van der Waals surface area contributed by atoms with Crippen molar-refractivity contribution in [1.82, 2.24) is 0 Å². The van der Waals surface area contributed by atoms with Crippen LogP contribution in [0.15, 0.2) is 88.1 Å². The first-order chi connectivity index (χ1) is 12.1. The highest BCUT2D eigenvalue weighted by molar-refractivity contribution is 7.99. The predicted octanol–water partition coefficient (Wildman–Crippen LogP) is 6.49. The third kappa shape index (κ3) is 3.03. The predicted molar refractivity (Wildman–Crippen MR) is 103 cm³/mol. The number of benzene rings is 3. The Morgan fingerprint density at radius 1 is 0.960 bits per heavy atom. The second-order valence-corrected chi connectivity index (χ2v) is 7.11. The molecule has 0 aromatic heterocycles. The molecule has 0 saturated heterocycles. The Kier molecular flexibility index (Phi) is 4.02. The van der Waals surface area contributed by atoms with Crippen molar-refractivity contribution in [3.05, 3.63) is 95.8 Å². The van der Waals surface area contributed by atoms with Crippen molar-refractivity contribution in [3.63, 3.8) is 0 Å². The molecule has 1 aliphatic rings. The van der Waals surface area contributed by atoms with Crippen LogP contribution in [0.2, 0.25) is 0 Å². The lowest BCUT2D eigenvalue weighted by molar-refractivity contribution is 0.628. The topological polar surface area (TPSA) is 12.4 Å². The Labute approximate surface area is 150 Å². The number of rotatable bonds is 2. The molecule has 4 rings (SSSR count). The molecule has 3 aromatic carbocycles. The van der Waals surface area contributed by atoms with Crippen LogP contribution in [0, 0.1) is 5.82 Å². The van der Waals surface area contributed by atoms with Gasteiger partial charge in [-0.3, -0.25) is 0 Å². The summed E-state index contributed by atoms with van der Waals surface area (Å²) in [4.78, 5) is 7.21. The number of aliphatic imine (C=N–C) groups is 1. The van der Waals surface area contributed by atoms with Crippen molar-refractivity contribution in [2.45, 2.75) is 16.7 Å². The Balaban J connectivity index is 1.96. The fourth-order valence-electron chi connectivity index (χ4n) is 2.83. The maximum Gasteiger partial charge on any atom is 0.123 e. The average molecular weight is 345 g/mol. The lowest BCUT2D eigenvalue weighted by Crippen LogP contribution is -2.03. The van der Waals surface area contributed by atoms with E-state index in [-0.39, 0.29) is 5.82 Å². The minimum Gasteiger partial charge on any atom is -0.247 e. The van der Waals surface area contributed by atoms with E-state index < -0.39 is 0 Å². The quantitative estimate of drug-likeness (QED) is 0.404. The molecule has 1 nitrogen and oxygen atoms in total. The van der Waals surface area contributed by atoms with E-state index in [1.165, 1.54) is 12.1 Å². The minimum absolute atomic E-state index is 0.245. The minimum atomic E-state index is -0.245. The summed E-state index contributed by atoms with van der Waals surface area (Å²) in [6, 6.07) is 21.0. The van der Waals surface area contributed by atoms with Gasteiger partial charge in [0.15, 0.2) is 0 Å². The molecule has 0 N–H and O–H groups in total. The van der Waals surface area contributed by atoms with Crippen molar-refractivity contribution in [2.24, 2.45) is 4.99 Å². The molecular formula is C22H16FNS. The van der Waals surface area contributed by atoms with E-state index in [1.807, 2.05) is 19.1 Å². The largest absolute Gasteiger partial charge is 0.247 e. The summed E-state index contributed by atoms with van der Waals surface area (Å²) in [5.74, 6) is -0.245. The molecule has 0 aliphatic carbocycles. The molecule has 0 bridgehead atoms. The standard InChI is InChI=1S/C22H16FNS/c1-14(2)16-9-12-21-19(13-16)24-22(15-7-10-17(23)11-8-15)18-5-3-4-6-20(18)25-21/h3-13H,1H2,2H3. The molecule has 0 atom stereocenters. The van der Waals surface area contributed by atoms with Crippen molar-refractivity contribution in [2.75, 3.05) is 0 Å². The second kappa shape index (κ2) is 6.34. The van der Waals surface area contributed by atoms with E-state index in [0.717, 1.165) is 43.5 Å². The van der Waals surface area contributed by atoms with Gasteiger partial charge in [0.2, 0.25) is 0 Å². The third-order valence-electron chi connectivity index (χ3n) is 4.16. The molecule has 122 valence electrons. The van der Waals surface area contributed by atoms with Crippen molar-refractivity contribution in [1.29, 1.82) is 0 Å². The first-order valence-corrected chi connectivity index (χ1v) is 8.85. The van der Waals surface area contributed by atoms with Crippen LogP contribution in [0.4, 0.5) is 10.1 Å². The molecule has 0 fully saturated rings. The van der Waals surface area contributed by atoms with Gasteiger partial charge in [-0.2, -0.15) is 0 Å². The molecule has 1 heterocycles. The zero-order valence-corrected chi connectivity index (χ0v) is 14.6. The summed E-state index contributed by atoms with van der Waals surface area (Å²) in [7, 11) is 0. The molecule has 3 heteroatoms. The van der Waals surface area contributed by atoms with E-state index in [2.05, 4.69) is 36.9 Å². The maximum absolute atomic E-state index is 13.4. The highest BCUT2D eigenvalue weighted by Crippen LogP contribution is 2.42. The van der Waals surface area contributed by atoms with Crippen molar-refractivity contribution < 1.29 is 4.39 Å². The van der Waals surface area contributed by atoms with Gasteiger partial charge >= 0.3 is 0 Å². The Bertz CT molecular complexity index is 1000. The first-order valence-electron chi connectivity index (χ1n) is 8.03. The fraction of sp³-hybridized carbons (Fsp3) is 0.0455. The Morgan fingerprint density at radius 2 is 1.72 bits per heavy atom. The van der Waals surface area contributed by atoms with Crippen LogP contribution in [0.1, 0.15) is 23.6 Å². The summed E-state index contributed by atoms with van der Waals surface area (Å²) >= 11 is 1.71. The summed E-state index contributed by atoms with van der Waals surface area (Å²) < 4.78 is 13.4. The molecule has 3 aromatic rings. The van der Waals surface area contributed by atoms with E-state index in [9.17, 15) is 4.39 Å². The third-order valence-corrected chi connectivity index (χ3v) is 5.30. The van der Waals surface area contributed by atoms with Gasteiger partial charge in [-0.15, -0.1) is 0 Å². The van der Waals surface area contributed by atoms with Crippen LogP contribution in [0.5, 0.6) is 0 Å². The fourth-order valence-corrected chi connectivity index (χ4v) is 3.84. The van der Waals surface area contributed by atoms with Crippen LogP contribution in [-0.4, -0.2) is 5.71 Å². The lowest BCUT2D eigenvalue weighted by Gasteiger charge is -2.08. The smallest absolute Gasteiger partial charge is 0.123 e. The van der Waals surface area contributed by atoms with Crippen LogP contribution >= 0.6 is 11.8 Å². The Hall–Kier alpha value is -2.65. The zero-order valence-electron chi connectivity index (χ0n) is 13.8. The van der Waals surface area contributed by atoms with E-state index in [1.54, 1.807) is 23.9 Å². The van der Waals surface area contributed by atoms with Crippen LogP contribution < -0.4 is 0 Å². The van der Waals surface area contributed by atoms with Crippen LogP contribution in [-0.2, 0) is 0 Å². The molecule has 0 saturated carbocycles. The van der Waals surface area contributed by atoms with Gasteiger partial charge in [-0.05, 0) is 55.0 Å². The number of hydrogen-bond acceptors (Lipinski definition) is 2. The lowest BCUT2D eigenvalue weighted by atomic mass is 10.0.